The maximum atomic E-state index is 11.6. The molecule has 0 aliphatic heterocycles. The third kappa shape index (κ3) is 5.83. The predicted molar refractivity (Wildman–Crippen MR) is 88.2 cm³/mol. The Hall–Kier alpha value is -2.07. The Morgan fingerprint density at radius 1 is 1.19 bits per heavy atom. The average molecular weight is 298 g/mol. The molecular weight excluding hydrogens is 280 g/mol. The van der Waals surface area contributed by atoms with Gasteiger partial charge in [-0.15, -0.1) is 11.8 Å². The molecule has 1 N–H and O–H groups in total. The van der Waals surface area contributed by atoms with Gasteiger partial charge in [-0.05, 0) is 42.8 Å². The molecule has 0 saturated heterocycles. The van der Waals surface area contributed by atoms with Crippen LogP contribution in [-0.4, -0.2) is 23.2 Å². The minimum absolute atomic E-state index is 0.0729. The van der Waals surface area contributed by atoms with E-state index < -0.39 is 0 Å². The number of nitrogens with one attached hydrogen (secondary N) is 1. The summed E-state index contributed by atoms with van der Waals surface area (Å²) < 4.78 is 0. The van der Waals surface area contributed by atoms with Crippen LogP contribution in [0.2, 0.25) is 0 Å². The van der Waals surface area contributed by atoms with E-state index in [-0.39, 0.29) is 5.91 Å². The molecule has 4 heteroatoms. The number of pyridine rings is 1. The van der Waals surface area contributed by atoms with E-state index in [4.69, 9.17) is 0 Å². The number of rotatable bonds is 6. The van der Waals surface area contributed by atoms with Crippen molar-refractivity contribution >= 4 is 23.7 Å². The third-order valence-corrected chi connectivity index (χ3v) is 3.84. The molecule has 0 atom stereocenters. The first-order valence-electron chi connectivity index (χ1n) is 6.79. The highest BCUT2D eigenvalue weighted by atomic mass is 32.2. The summed E-state index contributed by atoms with van der Waals surface area (Å²) in [5, 5.41) is 2.87. The number of thioether (sulfide) groups is 1. The van der Waals surface area contributed by atoms with E-state index in [2.05, 4.69) is 41.5 Å². The van der Waals surface area contributed by atoms with E-state index in [1.54, 1.807) is 36.3 Å². The van der Waals surface area contributed by atoms with Gasteiger partial charge in [-0.1, -0.05) is 17.7 Å². The topological polar surface area (TPSA) is 42.0 Å². The zero-order chi connectivity index (χ0) is 14.9. The lowest BCUT2D eigenvalue weighted by atomic mass is 10.2. The van der Waals surface area contributed by atoms with Crippen molar-refractivity contribution in [1.82, 2.24) is 10.3 Å². The van der Waals surface area contributed by atoms with Crippen molar-refractivity contribution in [1.29, 1.82) is 0 Å². The van der Waals surface area contributed by atoms with Crippen LogP contribution in [0.5, 0.6) is 0 Å². The first kappa shape index (κ1) is 15.3. The molecule has 2 rings (SSSR count). The van der Waals surface area contributed by atoms with Crippen molar-refractivity contribution in [3.05, 3.63) is 66.0 Å². The molecule has 0 radical (unpaired) electrons. The van der Waals surface area contributed by atoms with Crippen molar-refractivity contribution in [2.24, 2.45) is 0 Å². The van der Waals surface area contributed by atoms with Gasteiger partial charge < -0.3 is 5.32 Å². The van der Waals surface area contributed by atoms with E-state index in [0.717, 1.165) is 11.3 Å². The fraction of sp³-hybridized carbons (Fsp3) is 0.176. The highest BCUT2D eigenvalue weighted by molar-refractivity contribution is 7.99. The minimum atomic E-state index is -0.0729. The van der Waals surface area contributed by atoms with Gasteiger partial charge in [-0.3, -0.25) is 9.78 Å². The molecule has 0 spiro atoms. The normalized spacial score (nSPS) is 10.7. The largest absolute Gasteiger partial charge is 0.352 e. The van der Waals surface area contributed by atoms with Gasteiger partial charge in [0.25, 0.3) is 0 Å². The fourth-order valence-corrected chi connectivity index (χ4v) is 2.45. The Morgan fingerprint density at radius 3 is 2.62 bits per heavy atom. The third-order valence-electron chi connectivity index (χ3n) is 2.82. The molecule has 21 heavy (non-hydrogen) atoms. The van der Waals surface area contributed by atoms with Crippen molar-refractivity contribution in [3.63, 3.8) is 0 Å². The number of amides is 1. The van der Waals surface area contributed by atoms with Gasteiger partial charge in [0.2, 0.25) is 5.91 Å². The molecule has 0 aliphatic rings. The Labute approximate surface area is 129 Å². The lowest BCUT2D eigenvalue weighted by molar-refractivity contribution is -0.116. The molecule has 1 amide bonds. The number of benzene rings is 1. The maximum Gasteiger partial charge on any atom is 0.244 e. The number of carbonyl (C=O) groups excluding carboxylic acids is 1. The first-order valence-corrected chi connectivity index (χ1v) is 7.78. The minimum Gasteiger partial charge on any atom is -0.352 e. The average Bonchev–Trinajstić information content (AvgIpc) is 2.52. The SMILES string of the molecule is Cc1ccc(SCCNC(=O)/C=C/c2ccncc2)cc1. The Kier molecular flexibility index (Phi) is 6.03. The zero-order valence-electron chi connectivity index (χ0n) is 12.0. The number of hydrogen-bond donors (Lipinski definition) is 1. The van der Waals surface area contributed by atoms with E-state index in [0.29, 0.717) is 6.54 Å². The second-order valence-electron chi connectivity index (χ2n) is 4.57. The van der Waals surface area contributed by atoms with Gasteiger partial charge in [0, 0.05) is 35.7 Å². The molecule has 1 aromatic carbocycles. The zero-order valence-corrected chi connectivity index (χ0v) is 12.8. The summed E-state index contributed by atoms with van der Waals surface area (Å²) in [5.41, 5.74) is 2.23. The molecule has 108 valence electrons. The lowest BCUT2D eigenvalue weighted by Gasteiger charge is -2.03. The monoisotopic (exact) mass is 298 g/mol. The van der Waals surface area contributed by atoms with Gasteiger partial charge in [0.1, 0.15) is 0 Å². The fourth-order valence-electron chi connectivity index (χ4n) is 1.68. The highest BCUT2D eigenvalue weighted by Gasteiger charge is 1.97. The Balaban J connectivity index is 1.67. The van der Waals surface area contributed by atoms with Gasteiger partial charge in [-0.2, -0.15) is 0 Å². The molecule has 1 aromatic heterocycles. The highest BCUT2D eigenvalue weighted by Crippen LogP contribution is 2.17. The van der Waals surface area contributed by atoms with E-state index >= 15 is 0 Å². The quantitative estimate of drug-likeness (QED) is 0.505. The van der Waals surface area contributed by atoms with Gasteiger partial charge >= 0.3 is 0 Å². The van der Waals surface area contributed by atoms with Crippen LogP contribution < -0.4 is 5.32 Å². The first-order chi connectivity index (χ1) is 10.2. The van der Waals surface area contributed by atoms with Crippen LogP contribution in [0.25, 0.3) is 6.08 Å². The number of hydrogen-bond acceptors (Lipinski definition) is 3. The predicted octanol–water partition coefficient (Wildman–Crippen LogP) is 3.31. The van der Waals surface area contributed by atoms with Crippen LogP contribution in [0, 0.1) is 6.92 Å². The summed E-state index contributed by atoms with van der Waals surface area (Å²) >= 11 is 1.74. The standard InChI is InChI=1S/C17H18N2OS/c1-14-2-5-16(6-3-14)21-13-12-19-17(20)7-4-15-8-10-18-11-9-15/h2-11H,12-13H2,1H3,(H,19,20)/b7-4+. The molecule has 2 aromatic rings. The number of nitrogens with zero attached hydrogens (tertiary/aromatic N) is 1. The molecule has 1 heterocycles. The summed E-state index contributed by atoms with van der Waals surface area (Å²) in [6, 6.07) is 12.1. The van der Waals surface area contributed by atoms with Crippen LogP contribution >= 0.6 is 11.8 Å². The second-order valence-corrected chi connectivity index (χ2v) is 5.73. The Bertz CT molecular complexity index is 594. The van der Waals surface area contributed by atoms with Crippen molar-refractivity contribution in [2.45, 2.75) is 11.8 Å². The molecule has 3 nitrogen and oxygen atoms in total. The molecule has 0 unspecified atom stereocenters. The second kappa shape index (κ2) is 8.27. The number of aromatic nitrogens is 1. The molecule has 0 aliphatic carbocycles. The lowest BCUT2D eigenvalue weighted by Crippen LogP contribution is -2.23. The van der Waals surface area contributed by atoms with Crippen LogP contribution in [0.4, 0.5) is 0 Å². The van der Waals surface area contributed by atoms with Gasteiger partial charge in [0.15, 0.2) is 0 Å². The van der Waals surface area contributed by atoms with Crippen LogP contribution in [-0.2, 0) is 4.79 Å². The summed E-state index contributed by atoms with van der Waals surface area (Å²) in [6.45, 7) is 2.72. The number of aryl methyl sites for hydroxylation is 1. The van der Waals surface area contributed by atoms with E-state index in [1.165, 1.54) is 10.5 Å². The van der Waals surface area contributed by atoms with Crippen LogP contribution in [0.1, 0.15) is 11.1 Å². The summed E-state index contributed by atoms with van der Waals surface area (Å²) in [5.74, 6) is 0.786. The van der Waals surface area contributed by atoms with Crippen molar-refractivity contribution in [2.75, 3.05) is 12.3 Å². The van der Waals surface area contributed by atoms with Gasteiger partial charge in [0.05, 0.1) is 0 Å². The van der Waals surface area contributed by atoms with E-state index in [9.17, 15) is 4.79 Å². The van der Waals surface area contributed by atoms with Gasteiger partial charge in [-0.25, -0.2) is 0 Å². The van der Waals surface area contributed by atoms with Crippen molar-refractivity contribution < 1.29 is 4.79 Å². The Morgan fingerprint density at radius 2 is 1.90 bits per heavy atom. The molecule has 0 saturated carbocycles. The van der Waals surface area contributed by atoms with E-state index in [1.807, 2.05) is 12.1 Å². The molecule has 0 fully saturated rings. The number of carbonyl (C=O) groups is 1. The summed E-state index contributed by atoms with van der Waals surface area (Å²) in [4.78, 5) is 16.8. The summed E-state index contributed by atoms with van der Waals surface area (Å²) in [6.07, 6.45) is 6.74. The molecular formula is C17H18N2OS. The van der Waals surface area contributed by atoms with Crippen LogP contribution in [0.15, 0.2) is 59.8 Å². The molecule has 0 bridgehead atoms. The smallest absolute Gasteiger partial charge is 0.244 e. The van der Waals surface area contributed by atoms with Crippen LogP contribution in [0.3, 0.4) is 0 Å². The maximum absolute atomic E-state index is 11.6. The van der Waals surface area contributed by atoms with Crippen molar-refractivity contribution in [3.8, 4) is 0 Å². The summed E-state index contributed by atoms with van der Waals surface area (Å²) in [7, 11) is 0.